The molecule has 0 saturated carbocycles. The van der Waals surface area contributed by atoms with Gasteiger partial charge in [-0.3, -0.25) is 0 Å². The average Bonchev–Trinajstić information content (AvgIpc) is 2.62. The number of hydrogen-bond donors (Lipinski definition) is 1. The number of ether oxygens (including phenoxy) is 1. The minimum absolute atomic E-state index is 0. The first-order valence-electron chi connectivity index (χ1n) is 4.21. The number of fused-ring (bicyclic) bond motifs is 1. The molecule has 0 amide bonds. The summed E-state index contributed by atoms with van der Waals surface area (Å²) in [6.45, 7) is 1.02. The van der Waals surface area contributed by atoms with E-state index in [-0.39, 0.29) is 12.4 Å². The molecule has 0 aliphatic rings. The zero-order valence-corrected chi connectivity index (χ0v) is 8.42. The Hall–Kier alpha value is -1.19. The van der Waals surface area contributed by atoms with E-state index >= 15 is 0 Å². The maximum absolute atomic E-state index is 5.41. The lowest BCUT2D eigenvalue weighted by Gasteiger charge is -2.03. The van der Waals surface area contributed by atoms with Crippen molar-refractivity contribution in [1.29, 1.82) is 0 Å². The molecule has 0 bridgehead atoms. The lowest BCUT2D eigenvalue weighted by Crippen LogP contribution is -2.10. The fraction of sp³-hybridized carbons (Fsp3) is 0.200. The molecule has 0 unspecified atom stereocenters. The quantitative estimate of drug-likeness (QED) is 0.851. The lowest BCUT2D eigenvalue weighted by atomic mass is 10.2. The van der Waals surface area contributed by atoms with Crippen molar-refractivity contribution < 1.29 is 9.15 Å². The van der Waals surface area contributed by atoms with Gasteiger partial charge < -0.3 is 14.9 Å². The number of nitrogens with two attached hydrogens (primary N) is 1. The van der Waals surface area contributed by atoms with Crippen LogP contribution < -0.4 is 10.5 Å². The largest absolute Gasteiger partial charge is 0.488 e. The van der Waals surface area contributed by atoms with Crippen molar-refractivity contribution in [2.75, 3.05) is 13.2 Å². The standard InChI is InChI=1S/C10H11NO2.ClH/c11-5-7-12-9-3-1-2-8-4-6-13-10(8)9;/h1-4,6H,5,7,11H2;1H. The third kappa shape index (κ3) is 2.00. The van der Waals surface area contributed by atoms with E-state index in [1.54, 1.807) is 6.26 Å². The molecule has 4 heteroatoms. The SMILES string of the molecule is Cl.NCCOc1cccc2ccoc12. The van der Waals surface area contributed by atoms with E-state index in [0.29, 0.717) is 13.2 Å². The van der Waals surface area contributed by atoms with E-state index in [0.717, 1.165) is 16.7 Å². The van der Waals surface area contributed by atoms with Gasteiger partial charge in [-0.25, -0.2) is 0 Å². The first kappa shape index (κ1) is 10.9. The van der Waals surface area contributed by atoms with E-state index in [4.69, 9.17) is 14.9 Å². The van der Waals surface area contributed by atoms with Crippen LogP contribution in [0.3, 0.4) is 0 Å². The third-order valence-electron chi connectivity index (χ3n) is 1.82. The molecule has 2 aromatic rings. The normalized spacial score (nSPS) is 9.79. The fourth-order valence-corrected chi connectivity index (χ4v) is 1.25. The first-order valence-corrected chi connectivity index (χ1v) is 4.21. The van der Waals surface area contributed by atoms with E-state index in [9.17, 15) is 0 Å². The molecule has 0 aliphatic carbocycles. The van der Waals surface area contributed by atoms with E-state index < -0.39 is 0 Å². The molecule has 0 radical (unpaired) electrons. The van der Waals surface area contributed by atoms with Crippen LogP contribution in [0, 0.1) is 0 Å². The highest BCUT2D eigenvalue weighted by atomic mass is 35.5. The van der Waals surface area contributed by atoms with Gasteiger partial charge in [-0.15, -0.1) is 12.4 Å². The van der Waals surface area contributed by atoms with Crippen molar-refractivity contribution in [3.05, 3.63) is 30.5 Å². The van der Waals surface area contributed by atoms with Gasteiger partial charge in [-0.05, 0) is 12.1 Å². The summed E-state index contributed by atoms with van der Waals surface area (Å²) < 4.78 is 10.7. The zero-order chi connectivity index (χ0) is 9.10. The Balaban J connectivity index is 0.000000980. The molecule has 0 aliphatic heterocycles. The molecule has 0 saturated heterocycles. The van der Waals surface area contributed by atoms with E-state index in [1.165, 1.54) is 0 Å². The molecule has 76 valence electrons. The van der Waals surface area contributed by atoms with Crippen LogP contribution >= 0.6 is 12.4 Å². The van der Waals surface area contributed by atoms with Crippen LogP contribution in [0.5, 0.6) is 5.75 Å². The monoisotopic (exact) mass is 213 g/mol. The Morgan fingerprint density at radius 2 is 2.14 bits per heavy atom. The van der Waals surface area contributed by atoms with Crippen molar-refractivity contribution in [2.45, 2.75) is 0 Å². The van der Waals surface area contributed by atoms with E-state index in [1.807, 2.05) is 24.3 Å². The lowest BCUT2D eigenvalue weighted by molar-refractivity contribution is 0.327. The van der Waals surface area contributed by atoms with Gasteiger partial charge >= 0.3 is 0 Å². The van der Waals surface area contributed by atoms with Gasteiger partial charge in [0.1, 0.15) is 6.61 Å². The van der Waals surface area contributed by atoms with Gasteiger partial charge in [0.2, 0.25) is 0 Å². The van der Waals surface area contributed by atoms with Crippen LogP contribution in [0.2, 0.25) is 0 Å². The van der Waals surface area contributed by atoms with Crippen LogP contribution in [-0.4, -0.2) is 13.2 Å². The summed E-state index contributed by atoms with van der Waals surface area (Å²) >= 11 is 0. The second-order valence-electron chi connectivity index (χ2n) is 2.73. The predicted octanol–water partition coefficient (Wildman–Crippen LogP) is 2.19. The third-order valence-corrected chi connectivity index (χ3v) is 1.82. The summed E-state index contributed by atoms with van der Waals surface area (Å²) in [5.74, 6) is 0.757. The van der Waals surface area contributed by atoms with Crippen LogP contribution in [0.25, 0.3) is 11.0 Å². The maximum Gasteiger partial charge on any atom is 0.175 e. The molecule has 2 N–H and O–H groups in total. The highest BCUT2D eigenvalue weighted by molar-refractivity contribution is 5.85. The minimum Gasteiger partial charge on any atom is -0.488 e. The molecule has 1 aromatic heterocycles. The second kappa shape index (κ2) is 4.88. The highest BCUT2D eigenvalue weighted by Gasteiger charge is 2.03. The molecular formula is C10H12ClNO2. The summed E-state index contributed by atoms with van der Waals surface area (Å²) in [6, 6.07) is 7.70. The maximum atomic E-state index is 5.41. The number of furan rings is 1. The number of hydrogen-bond acceptors (Lipinski definition) is 3. The fourth-order valence-electron chi connectivity index (χ4n) is 1.25. The molecule has 3 nitrogen and oxygen atoms in total. The van der Waals surface area contributed by atoms with Crippen molar-refractivity contribution in [1.82, 2.24) is 0 Å². The molecule has 0 spiro atoms. The van der Waals surface area contributed by atoms with E-state index in [2.05, 4.69) is 0 Å². The Bertz CT molecular complexity index is 400. The van der Waals surface area contributed by atoms with Gasteiger partial charge in [0, 0.05) is 11.9 Å². The Morgan fingerprint density at radius 1 is 1.29 bits per heavy atom. The van der Waals surface area contributed by atoms with Crippen LogP contribution in [-0.2, 0) is 0 Å². The number of halogens is 1. The predicted molar refractivity (Wildman–Crippen MR) is 58.0 cm³/mol. The summed E-state index contributed by atoms with van der Waals surface area (Å²) in [7, 11) is 0. The van der Waals surface area contributed by atoms with Crippen LogP contribution in [0.4, 0.5) is 0 Å². The van der Waals surface area contributed by atoms with Crippen LogP contribution in [0.1, 0.15) is 0 Å². The Morgan fingerprint density at radius 3 is 2.93 bits per heavy atom. The topological polar surface area (TPSA) is 48.4 Å². The van der Waals surface area contributed by atoms with Gasteiger partial charge in [-0.2, -0.15) is 0 Å². The number of rotatable bonds is 3. The first-order chi connectivity index (χ1) is 6.42. The Kier molecular flexibility index (Phi) is 3.80. The van der Waals surface area contributed by atoms with Crippen LogP contribution in [0.15, 0.2) is 34.9 Å². The molecule has 1 heterocycles. The molecule has 2 rings (SSSR count). The highest BCUT2D eigenvalue weighted by Crippen LogP contribution is 2.25. The smallest absolute Gasteiger partial charge is 0.175 e. The van der Waals surface area contributed by atoms with Crippen molar-refractivity contribution in [2.24, 2.45) is 5.73 Å². The summed E-state index contributed by atoms with van der Waals surface area (Å²) in [6.07, 6.45) is 1.65. The molecule has 0 atom stereocenters. The molecule has 14 heavy (non-hydrogen) atoms. The average molecular weight is 214 g/mol. The minimum atomic E-state index is 0. The summed E-state index contributed by atoms with van der Waals surface area (Å²) in [4.78, 5) is 0. The number of benzene rings is 1. The van der Waals surface area contributed by atoms with Gasteiger partial charge in [-0.1, -0.05) is 12.1 Å². The Labute approximate surface area is 88.2 Å². The van der Waals surface area contributed by atoms with Crippen molar-refractivity contribution >= 4 is 23.4 Å². The van der Waals surface area contributed by atoms with Gasteiger partial charge in [0.15, 0.2) is 11.3 Å². The summed E-state index contributed by atoms with van der Waals surface area (Å²) in [5.41, 5.74) is 6.13. The van der Waals surface area contributed by atoms with Gasteiger partial charge in [0.25, 0.3) is 0 Å². The van der Waals surface area contributed by atoms with Crippen molar-refractivity contribution in [3.8, 4) is 5.75 Å². The van der Waals surface area contributed by atoms with Gasteiger partial charge in [0.05, 0.1) is 6.26 Å². The van der Waals surface area contributed by atoms with Crippen molar-refractivity contribution in [3.63, 3.8) is 0 Å². The molecule has 1 aromatic carbocycles. The molecule has 0 fully saturated rings. The second-order valence-corrected chi connectivity index (χ2v) is 2.73. The summed E-state index contributed by atoms with van der Waals surface area (Å²) in [5, 5.41) is 1.05. The molecular weight excluding hydrogens is 202 g/mol. The number of para-hydroxylation sites is 1. The zero-order valence-electron chi connectivity index (χ0n) is 7.60.